The van der Waals surface area contributed by atoms with Gasteiger partial charge in [0.05, 0.1) is 13.3 Å². The standard InChI is InChI=1S/C18H19BrN4O3S/c1-25-15-7-13(14(19)8-16(15)26-10-17(20)24)9-22-23-18(21)27-11-12-5-3-2-4-6-12/h2-9H,10-11H2,1H3,(H2,20,24)(H2,21,23). The Balaban J connectivity index is 2.03. The first-order valence-corrected chi connectivity index (χ1v) is 9.59. The third-order valence-electron chi connectivity index (χ3n) is 3.24. The van der Waals surface area contributed by atoms with Crippen molar-refractivity contribution in [3.63, 3.8) is 0 Å². The number of thioether (sulfide) groups is 1. The van der Waals surface area contributed by atoms with Crippen molar-refractivity contribution in [3.05, 3.63) is 58.1 Å². The highest BCUT2D eigenvalue weighted by Gasteiger charge is 2.10. The van der Waals surface area contributed by atoms with Crippen LogP contribution in [0.4, 0.5) is 0 Å². The maximum Gasteiger partial charge on any atom is 0.255 e. The summed E-state index contributed by atoms with van der Waals surface area (Å²) in [6, 6.07) is 13.3. The number of carbonyl (C=O) groups excluding carboxylic acids is 1. The lowest BCUT2D eigenvalue weighted by Gasteiger charge is -2.11. The Morgan fingerprint density at radius 2 is 1.96 bits per heavy atom. The van der Waals surface area contributed by atoms with Gasteiger partial charge in [-0.2, -0.15) is 5.10 Å². The van der Waals surface area contributed by atoms with E-state index < -0.39 is 5.91 Å². The number of ether oxygens (including phenoxy) is 2. The van der Waals surface area contributed by atoms with Gasteiger partial charge in [0.1, 0.15) is 0 Å². The number of nitrogens with zero attached hydrogens (tertiary/aromatic N) is 2. The zero-order valence-corrected chi connectivity index (χ0v) is 17.0. The largest absolute Gasteiger partial charge is 0.493 e. The zero-order chi connectivity index (χ0) is 19.6. The molecule has 0 aromatic heterocycles. The second kappa shape index (κ2) is 10.6. The quantitative estimate of drug-likeness (QED) is 0.364. The minimum atomic E-state index is -0.573. The smallest absolute Gasteiger partial charge is 0.255 e. The molecule has 0 radical (unpaired) electrons. The van der Waals surface area contributed by atoms with Gasteiger partial charge < -0.3 is 20.9 Å². The van der Waals surface area contributed by atoms with E-state index in [4.69, 9.17) is 20.9 Å². The fourth-order valence-electron chi connectivity index (χ4n) is 1.98. The van der Waals surface area contributed by atoms with Gasteiger partial charge in [-0.15, -0.1) is 5.10 Å². The molecule has 27 heavy (non-hydrogen) atoms. The molecule has 0 fully saturated rings. The van der Waals surface area contributed by atoms with Crippen molar-refractivity contribution in [2.24, 2.45) is 21.7 Å². The van der Waals surface area contributed by atoms with E-state index in [2.05, 4.69) is 26.1 Å². The second-order valence-electron chi connectivity index (χ2n) is 5.24. The van der Waals surface area contributed by atoms with E-state index in [-0.39, 0.29) is 6.61 Å². The molecule has 0 heterocycles. The third kappa shape index (κ3) is 6.95. The molecular formula is C18H19BrN4O3S. The van der Waals surface area contributed by atoms with Crippen LogP contribution in [0.25, 0.3) is 0 Å². The number of benzene rings is 2. The Kier molecular flexibility index (Phi) is 8.15. The first-order valence-electron chi connectivity index (χ1n) is 7.81. The van der Waals surface area contributed by atoms with Gasteiger partial charge in [0.15, 0.2) is 23.3 Å². The summed E-state index contributed by atoms with van der Waals surface area (Å²) in [5.41, 5.74) is 12.8. The molecule has 4 N–H and O–H groups in total. The molecule has 0 atom stereocenters. The van der Waals surface area contributed by atoms with Crippen LogP contribution >= 0.6 is 27.7 Å². The number of hydrogen-bond acceptors (Lipinski definition) is 6. The fraction of sp³-hybridized carbons (Fsp3) is 0.167. The normalized spacial score (nSPS) is 11.6. The minimum Gasteiger partial charge on any atom is -0.493 e. The predicted octanol–water partition coefficient (Wildman–Crippen LogP) is 2.90. The maximum atomic E-state index is 10.9. The van der Waals surface area contributed by atoms with Crippen LogP contribution in [-0.4, -0.2) is 31.0 Å². The molecule has 0 unspecified atom stereocenters. The van der Waals surface area contributed by atoms with Crippen molar-refractivity contribution in [3.8, 4) is 11.5 Å². The van der Waals surface area contributed by atoms with Crippen LogP contribution in [0.2, 0.25) is 0 Å². The van der Waals surface area contributed by atoms with Gasteiger partial charge in [-0.05, 0) is 33.6 Å². The average molecular weight is 451 g/mol. The second-order valence-corrected chi connectivity index (χ2v) is 7.09. The predicted molar refractivity (Wildman–Crippen MR) is 112 cm³/mol. The van der Waals surface area contributed by atoms with E-state index in [0.717, 1.165) is 11.3 Å². The Morgan fingerprint density at radius 3 is 2.63 bits per heavy atom. The Hall–Kier alpha value is -2.52. The van der Waals surface area contributed by atoms with Gasteiger partial charge >= 0.3 is 0 Å². The molecule has 2 aromatic carbocycles. The van der Waals surface area contributed by atoms with E-state index in [1.165, 1.54) is 18.9 Å². The van der Waals surface area contributed by atoms with Crippen LogP contribution < -0.4 is 20.9 Å². The topological polar surface area (TPSA) is 112 Å². The van der Waals surface area contributed by atoms with E-state index in [1.807, 2.05) is 30.3 Å². The highest BCUT2D eigenvalue weighted by atomic mass is 79.9. The molecule has 2 rings (SSSR count). The summed E-state index contributed by atoms with van der Waals surface area (Å²) in [5, 5.41) is 8.36. The minimum absolute atomic E-state index is 0.240. The summed E-state index contributed by atoms with van der Waals surface area (Å²) in [4.78, 5) is 10.9. The van der Waals surface area contributed by atoms with Gasteiger partial charge in [0.2, 0.25) is 0 Å². The number of primary amides is 1. The number of hydrogen-bond donors (Lipinski definition) is 2. The summed E-state index contributed by atoms with van der Waals surface area (Å²) < 4.78 is 11.3. The van der Waals surface area contributed by atoms with Crippen molar-refractivity contribution in [1.29, 1.82) is 0 Å². The summed E-state index contributed by atoms with van der Waals surface area (Å²) >= 11 is 4.82. The number of amidine groups is 1. The van der Waals surface area contributed by atoms with Crippen LogP contribution in [0.5, 0.6) is 11.5 Å². The molecule has 0 saturated carbocycles. The molecule has 142 valence electrons. The Morgan fingerprint density at radius 1 is 1.22 bits per heavy atom. The average Bonchev–Trinajstić information content (AvgIpc) is 2.66. The summed E-state index contributed by atoms with van der Waals surface area (Å²) in [6.45, 7) is -0.240. The SMILES string of the molecule is COc1cc(C=NN=C(N)SCc2ccccc2)c(Br)cc1OCC(N)=O. The zero-order valence-electron chi connectivity index (χ0n) is 14.6. The molecule has 1 amide bonds. The third-order valence-corrected chi connectivity index (χ3v) is 4.78. The first kappa shape index (κ1) is 20.8. The monoisotopic (exact) mass is 450 g/mol. The lowest BCUT2D eigenvalue weighted by Crippen LogP contribution is -2.20. The van der Waals surface area contributed by atoms with Crippen LogP contribution in [0.3, 0.4) is 0 Å². The molecule has 0 aliphatic carbocycles. The number of nitrogens with two attached hydrogens (primary N) is 2. The van der Waals surface area contributed by atoms with Gasteiger partial charge in [-0.1, -0.05) is 42.1 Å². The highest BCUT2D eigenvalue weighted by Crippen LogP contribution is 2.32. The summed E-state index contributed by atoms with van der Waals surface area (Å²) in [7, 11) is 1.50. The first-order chi connectivity index (χ1) is 13.0. The van der Waals surface area contributed by atoms with Crippen molar-refractivity contribution in [2.75, 3.05) is 13.7 Å². The van der Waals surface area contributed by atoms with Gasteiger partial charge in [0, 0.05) is 15.8 Å². The fourth-order valence-corrected chi connectivity index (χ4v) is 3.02. The van der Waals surface area contributed by atoms with E-state index in [0.29, 0.717) is 26.7 Å². The van der Waals surface area contributed by atoms with Crippen molar-refractivity contribution in [2.45, 2.75) is 5.75 Å². The van der Waals surface area contributed by atoms with Gasteiger partial charge in [0.25, 0.3) is 5.91 Å². The van der Waals surface area contributed by atoms with Crippen LogP contribution in [0.15, 0.2) is 57.1 Å². The van der Waals surface area contributed by atoms with Crippen LogP contribution in [0, 0.1) is 0 Å². The molecule has 0 bridgehead atoms. The van der Waals surface area contributed by atoms with Gasteiger partial charge in [-0.25, -0.2) is 0 Å². The van der Waals surface area contributed by atoms with Gasteiger partial charge in [-0.3, -0.25) is 4.79 Å². The van der Waals surface area contributed by atoms with Crippen LogP contribution in [0.1, 0.15) is 11.1 Å². The highest BCUT2D eigenvalue weighted by molar-refractivity contribution is 9.10. The molecule has 0 aliphatic heterocycles. The molecule has 0 saturated heterocycles. The molecule has 9 heteroatoms. The van der Waals surface area contributed by atoms with Crippen molar-refractivity contribution >= 4 is 45.0 Å². The molecule has 0 aliphatic rings. The lowest BCUT2D eigenvalue weighted by molar-refractivity contribution is -0.119. The van der Waals surface area contributed by atoms with E-state index in [9.17, 15) is 4.79 Å². The van der Waals surface area contributed by atoms with E-state index >= 15 is 0 Å². The Bertz CT molecular complexity index is 844. The Labute approximate surface area is 169 Å². The molecule has 0 spiro atoms. The lowest BCUT2D eigenvalue weighted by atomic mass is 10.2. The number of methoxy groups -OCH3 is 1. The number of rotatable bonds is 8. The maximum absolute atomic E-state index is 10.9. The summed E-state index contributed by atoms with van der Waals surface area (Å²) in [5.74, 6) is 0.976. The molecular weight excluding hydrogens is 432 g/mol. The van der Waals surface area contributed by atoms with Crippen molar-refractivity contribution in [1.82, 2.24) is 0 Å². The molecule has 2 aromatic rings. The molecule has 7 nitrogen and oxygen atoms in total. The number of amides is 1. The number of halogens is 1. The van der Waals surface area contributed by atoms with Crippen molar-refractivity contribution < 1.29 is 14.3 Å². The van der Waals surface area contributed by atoms with Crippen LogP contribution in [-0.2, 0) is 10.5 Å². The number of carbonyl (C=O) groups is 1. The van der Waals surface area contributed by atoms with E-state index in [1.54, 1.807) is 18.3 Å². The summed E-state index contributed by atoms with van der Waals surface area (Å²) in [6.07, 6.45) is 1.54.